The van der Waals surface area contributed by atoms with Crippen molar-refractivity contribution in [2.75, 3.05) is 6.54 Å². The van der Waals surface area contributed by atoms with E-state index in [9.17, 15) is 18.4 Å². The highest BCUT2D eigenvalue weighted by atomic mass is 35.5. The summed E-state index contributed by atoms with van der Waals surface area (Å²) >= 11 is 5.85. The second-order valence-corrected chi connectivity index (χ2v) is 9.16. The zero-order chi connectivity index (χ0) is 22.0. The number of sulfonamides is 1. The van der Waals surface area contributed by atoms with Crippen molar-refractivity contribution in [3.63, 3.8) is 0 Å². The highest BCUT2D eigenvalue weighted by molar-refractivity contribution is 7.89. The summed E-state index contributed by atoms with van der Waals surface area (Å²) in [5, 5.41) is 9.76. The summed E-state index contributed by atoms with van der Waals surface area (Å²) in [6.07, 6.45) is 1.62. The number of rotatable bonds is 5. The first kappa shape index (κ1) is 21.3. The molecule has 0 saturated heterocycles. The number of ether oxygens (including phenoxy) is 1. The van der Waals surface area contributed by atoms with Gasteiger partial charge < -0.3 is 4.74 Å². The van der Waals surface area contributed by atoms with Crippen molar-refractivity contribution in [2.24, 2.45) is 0 Å². The first-order valence-electron chi connectivity index (χ1n) is 9.33. The molecule has 0 aliphatic carbocycles. The van der Waals surface area contributed by atoms with Gasteiger partial charge in [0.1, 0.15) is 16.7 Å². The summed E-state index contributed by atoms with van der Waals surface area (Å²) in [6.45, 7) is 0.0838. The zero-order valence-electron chi connectivity index (χ0n) is 16.1. The van der Waals surface area contributed by atoms with Crippen molar-refractivity contribution in [2.45, 2.75) is 17.4 Å². The van der Waals surface area contributed by atoms with E-state index in [2.05, 4.69) is 4.98 Å². The molecule has 1 unspecified atom stereocenters. The number of fused-ring (bicyclic) bond motifs is 1. The van der Waals surface area contributed by atoms with Gasteiger partial charge in [0, 0.05) is 17.6 Å². The Hall–Kier alpha value is -2.98. The number of halogens is 1. The van der Waals surface area contributed by atoms with Crippen LogP contribution in [0.25, 0.3) is 0 Å². The molecule has 160 valence electrons. The summed E-state index contributed by atoms with van der Waals surface area (Å²) in [4.78, 5) is 16.4. The van der Waals surface area contributed by atoms with Crippen LogP contribution in [-0.2, 0) is 21.2 Å². The number of carbonyl (C=O) groups excluding carboxylic acids is 1. The lowest BCUT2D eigenvalue weighted by molar-refractivity contribution is -0.133. The van der Waals surface area contributed by atoms with Crippen LogP contribution in [0.1, 0.15) is 17.2 Å². The van der Waals surface area contributed by atoms with Gasteiger partial charge in [0.2, 0.25) is 15.9 Å². The van der Waals surface area contributed by atoms with Gasteiger partial charge in [-0.25, -0.2) is 18.9 Å². The van der Waals surface area contributed by atoms with E-state index in [1.807, 2.05) is 12.1 Å². The molecule has 1 amide bonds. The number of pyridine rings is 1. The average Bonchev–Trinajstić information content (AvgIpc) is 2.79. The molecule has 0 radical (unpaired) electrons. The molecule has 31 heavy (non-hydrogen) atoms. The van der Waals surface area contributed by atoms with E-state index in [4.69, 9.17) is 16.3 Å². The first-order valence-corrected chi connectivity index (χ1v) is 11.1. The Morgan fingerprint density at radius 2 is 1.87 bits per heavy atom. The number of nitrogens with one attached hydrogen (secondary N) is 1. The van der Waals surface area contributed by atoms with E-state index in [0.29, 0.717) is 22.8 Å². The fraction of sp³-hybridized carbons (Fsp3) is 0.143. The monoisotopic (exact) mass is 459 g/mol. The van der Waals surface area contributed by atoms with E-state index in [1.165, 1.54) is 18.3 Å². The quantitative estimate of drug-likeness (QED) is 0.447. The van der Waals surface area contributed by atoms with Gasteiger partial charge in [-0.1, -0.05) is 35.9 Å². The van der Waals surface area contributed by atoms with Gasteiger partial charge >= 0.3 is 0 Å². The Kier molecular flexibility index (Phi) is 5.92. The molecule has 1 aliphatic rings. The average molecular weight is 460 g/mol. The smallest absolute Gasteiger partial charge is 0.266 e. The van der Waals surface area contributed by atoms with Crippen LogP contribution in [0.3, 0.4) is 0 Å². The van der Waals surface area contributed by atoms with Gasteiger partial charge in [0.25, 0.3) is 5.91 Å². The van der Waals surface area contributed by atoms with E-state index < -0.39 is 22.0 Å². The number of amides is 1. The van der Waals surface area contributed by atoms with Crippen LogP contribution in [0.4, 0.5) is 0 Å². The minimum absolute atomic E-state index is 0.0838. The van der Waals surface area contributed by atoms with Crippen LogP contribution in [0.15, 0.2) is 71.8 Å². The van der Waals surface area contributed by atoms with Crippen molar-refractivity contribution < 1.29 is 23.2 Å². The van der Waals surface area contributed by atoms with Crippen molar-refractivity contribution in [3.8, 4) is 11.6 Å². The molecule has 0 fully saturated rings. The number of hydrogen-bond acceptors (Lipinski definition) is 6. The Morgan fingerprint density at radius 1 is 1.13 bits per heavy atom. The van der Waals surface area contributed by atoms with Crippen molar-refractivity contribution in [1.82, 2.24) is 14.8 Å². The maximum absolute atomic E-state index is 13.3. The molecular weight excluding hydrogens is 442 g/mol. The molecule has 0 bridgehead atoms. The number of hydrogen-bond donors (Lipinski definition) is 2. The largest absolute Gasteiger partial charge is 0.439 e. The molecule has 1 aliphatic heterocycles. The van der Waals surface area contributed by atoms with Crippen LogP contribution in [0.5, 0.6) is 11.6 Å². The van der Waals surface area contributed by atoms with E-state index >= 15 is 0 Å². The number of carbonyl (C=O) groups is 1. The first-order chi connectivity index (χ1) is 14.9. The van der Waals surface area contributed by atoms with Crippen LogP contribution >= 0.6 is 11.6 Å². The molecule has 4 rings (SSSR count). The normalized spacial score (nSPS) is 16.4. The highest BCUT2D eigenvalue weighted by Gasteiger charge is 2.40. The maximum Gasteiger partial charge on any atom is 0.266 e. The summed E-state index contributed by atoms with van der Waals surface area (Å²) in [7, 11) is -4.08. The molecule has 0 saturated carbocycles. The van der Waals surface area contributed by atoms with Crippen LogP contribution in [-0.4, -0.2) is 35.4 Å². The minimum atomic E-state index is -4.08. The summed E-state index contributed by atoms with van der Waals surface area (Å²) in [6, 6.07) is 15.3. The summed E-state index contributed by atoms with van der Waals surface area (Å²) < 4.78 is 33.3. The van der Waals surface area contributed by atoms with Gasteiger partial charge in [-0.3, -0.25) is 10.0 Å². The summed E-state index contributed by atoms with van der Waals surface area (Å²) in [5.41, 5.74) is 2.96. The SMILES string of the molecule is O=C(NO)C1c2ccccc2CCN1S(=O)(=O)c1ccc(Oc2ccc(Cl)cc2)nc1. The molecule has 3 aromatic rings. The molecular formula is C21H18ClN3O5S. The second kappa shape index (κ2) is 8.64. The van der Waals surface area contributed by atoms with E-state index in [1.54, 1.807) is 41.9 Å². The molecule has 2 N–H and O–H groups in total. The Balaban J connectivity index is 1.62. The standard InChI is InChI=1S/C21H18ClN3O5S/c22-15-5-7-16(8-6-15)30-19-10-9-17(13-23-19)31(28,29)25-12-11-14-3-1-2-4-18(14)20(25)21(26)24-27/h1-10,13,20,27H,11-12H2,(H,24,26). The van der Waals surface area contributed by atoms with Crippen LogP contribution in [0.2, 0.25) is 5.02 Å². The van der Waals surface area contributed by atoms with Gasteiger partial charge in [-0.05, 0) is 47.9 Å². The molecule has 2 heterocycles. The van der Waals surface area contributed by atoms with Crippen LogP contribution < -0.4 is 10.2 Å². The summed E-state index contributed by atoms with van der Waals surface area (Å²) in [5.74, 6) is -0.124. The van der Waals surface area contributed by atoms with Crippen molar-refractivity contribution in [3.05, 3.63) is 83.0 Å². The minimum Gasteiger partial charge on any atom is -0.439 e. The number of nitrogens with zero attached hydrogens (tertiary/aromatic N) is 2. The fourth-order valence-electron chi connectivity index (χ4n) is 3.47. The maximum atomic E-state index is 13.3. The van der Waals surface area contributed by atoms with Crippen molar-refractivity contribution in [1.29, 1.82) is 0 Å². The van der Waals surface area contributed by atoms with Crippen LogP contribution in [0, 0.1) is 0 Å². The third kappa shape index (κ3) is 4.26. The lowest BCUT2D eigenvalue weighted by Gasteiger charge is -2.34. The third-order valence-corrected chi connectivity index (χ3v) is 7.05. The van der Waals surface area contributed by atoms with Gasteiger partial charge in [-0.2, -0.15) is 4.31 Å². The Morgan fingerprint density at radius 3 is 2.55 bits per heavy atom. The Labute approximate surface area is 184 Å². The molecule has 2 aromatic carbocycles. The van der Waals surface area contributed by atoms with Gasteiger partial charge in [0.15, 0.2) is 0 Å². The van der Waals surface area contributed by atoms with Crippen molar-refractivity contribution >= 4 is 27.5 Å². The Bertz CT molecular complexity index is 1200. The molecule has 0 spiro atoms. The highest BCUT2D eigenvalue weighted by Crippen LogP contribution is 2.34. The van der Waals surface area contributed by atoms with Gasteiger partial charge in [0.05, 0.1) is 6.20 Å². The predicted molar refractivity (Wildman–Crippen MR) is 112 cm³/mol. The van der Waals surface area contributed by atoms with E-state index in [-0.39, 0.29) is 17.3 Å². The topological polar surface area (TPSA) is 109 Å². The second-order valence-electron chi connectivity index (χ2n) is 6.83. The predicted octanol–water partition coefficient (Wildman–Crippen LogP) is 3.32. The van der Waals surface area contributed by atoms with E-state index in [0.717, 1.165) is 9.87 Å². The third-order valence-electron chi connectivity index (χ3n) is 4.95. The molecule has 8 nitrogen and oxygen atoms in total. The van der Waals surface area contributed by atoms with Gasteiger partial charge in [-0.15, -0.1) is 0 Å². The molecule has 10 heteroatoms. The fourth-order valence-corrected chi connectivity index (χ4v) is 5.12. The number of aromatic nitrogens is 1. The zero-order valence-corrected chi connectivity index (χ0v) is 17.7. The number of benzene rings is 2. The lowest BCUT2D eigenvalue weighted by atomic mass is 9.94. The number of hydroxylamine groups is 1. The molecule has 1 aromatic heterocycles. The lowest BCUT2D eigenvalue weighted by Crippen LogP contribution is -2.46. The molecule has 1 atom stereocenters.